The van der Waals surface area contributed by atoms with E-state index in [0.29, 0.717) is 18.8 Å². The molecule has 1 aromatic carbocycles. The number of halogens is 1. The van der Waals surface area contributed by atoms with E-state index >= 15 is 0 Å². The Morgan fingerprint density at radius 3 is 2.79 bits per heavy atom. The molecule has 1 aromatic heterocycles. The number of imidazole rings is 1. The van der Waals surface area contributed by atoms with Gasteiger partial charge in [-0.05, 0) is 37.7 Å². The Balaban J connectivity index is 1.48. The molecule has 1 amide bonds. The lowest BCUT2D eigenvalue weighted by atomic mass is 9.66. The number of aromatic nitrogens is 2. The van der Waals surface area contributed by atoms with Gasteiger partial charge in [0.1, 0.15) is 0 Å². The molecule has 5 nitrogen and oxygen atoms in total. The summed E-state index contributed by atoms with van der Waals surface area (Å²) in [6.45, 7) is 1.49. The largest absolute Gasteiger partial charge is 0.385 e. The summed E-state index contributed by atoms with van der Waals surface area (Å²) < 4.78 is 3.12. The fourth-order valence-electron chi connectivity index (χ4n) is 5.88. The number of piperidine rings is 1. The minimum absolute atomic E-state index is 0.0888. The molecule has 2 N–H and O–H groups in total. The van der Waals surface area contributed by atoms with Crippen LogP contribution in [0.4, 0.5) is 0 Å². The lowest BCUT2D eigenvalue weighted by Gasteiger charge is -2.52. The Morgan fingerprint density at radius 1 is 1.17 bits per heavy atom. The number of hydrogen-bond acceptors (Lipinski definition) is 2. The molecular formula is C23H29BrN3O2+. The predicted molar refractivity (Wildman–Crippen MR) is 113 cm³/mol. The summed E-state index contributed by atoms with van der Waals surface area (Å²) in [7, 11) is 0. The van der Waals surface area contributed by atoms with Crippen molar-refractivity contribution in [1.82, 2.24) is 9.88 Å². The number of amides is 1. The van der Waals surface area contributed by atoms with Crippen molar-refractivity contribution >= 4 is 21.8 Å². The second kappa shape index (κ2) is 7.55. The van der Waals surface area contributed by atoms with Gasteiger partial charge in [-0.25, -0.2) is 9.55 Å². The number of nitrogens with zero attached hydrogens (tertiary/aromatic N) is 2. The van der Waals surface area contributed by atoms with Crippen molar-refractivity contribution in [1.29, 1.82) is 0 Å². The van der Waals surface area contributed by atoms with Gasteiger partial charge in [0.05, 0.1) is 12.1 Å². The lowest BCUT2D eigenvalue weighted by molar-refractivity contribution is -0.710. The third kappa shape index (κ3) is 3.15. The predicted octanol–water partition coefficient (Wildman–Crippen LogP) is 3.69. The van der Waals surface area contributed by atoms with Crippen molar-refractivity contribution in [3.05, 3.63) is 52.0 Å². The molecule has 6 heteroatoms. The Morgan fingerprint density at radius 2 is 1.97 bits per heavy atom. The van der Waals surface area contributed by atoms with Crippen LogP contribution in [0.1, 0.15) is 66.8 Å². The number of nitrogens with one attached hydrogen (secondary N) is 1. The van der Waals surface area contributed by atoms with E-state index in [1.165, 1.54) is 12.1 Å². The molecule has 0 unspecified atom stereocenters. The van der Waals surface area contributed by atoms with Crippen molar-refractivity contribution in [3.8, 4) is 0 Å². The van der Waals surface area contributed by atoms with Crippen LogP contribution in [-0.4, -0.2) is 33.5 Å². The van der Waals surface area contributed by atoms with Gasteiger partial charge in [0.25, 0.3) is 0 Å². The maximum absolute atomic E-state index is 13.7. The zero-order valence-corrected chi connectivity index (χ0v) is 18.3. The number of fused-ring (bicyclic) bond motifs is 2. The molecule has 5 rings (SSSR count). The van der Waals surface area contributed by atoms with Gasteiger partial charge in [0, 0.05) is 40.9 Å². The van der Waals surface area contributed by atoms with E-state index in [0.717, 1.165) is 55.2 Å². The number of H-pyrrole nitrogens is 1. The number of aromatic amines is 1. The molecule has 1 saturated carbocycles. The van der Waals surface area contributed by atoms with Crippen molar-refractivity contribution in [3.63, 3.8) is 0 Å². The van der Waals surface area contributed by atoms with E-state index in [1.54, 1.807) is 0 Å². The number of benzene rings is 1. The summed E-state index contributed by atoms with van der Waals surface area (Å²) in [6, 6.07) is 10.2. The number of hydrogen-bond donors (Lipinski definition) is 2. The Hall–Kier alpha value is -1.66. The van der Waals surface area contributed by atoms with Crippen LogP contribution in [0.15, 0.2) is 34.9 Å². The summed E-state index contributed by atoms with van der Waals surface area (Å²) in [5.41, 5.74) is 1.36. The smallest absolute Gasteiger partial charge is 0.347 e. The molecule has 29 heavy (non-hydrogen) atoms. The highest BCUT2D eigenvalue weighted by Crippen LogP contribution is 2.47. The highest BCUT2D eigenvalue weighted by molar-refractivity contribution is 9.10. The Bertz CT molecular complexity index is 912. The highest BCUT2D eigenvalue weighted by Gasteiger charge is 2.51. The standard InChI is InChI=1S/C23H28BrN3O2/c24-20-19-12-6-7-14-26(19)21(25-20)22(28)27-15-13-23(29,16-8-2-1-3-9-16)17-10-4-5-11-18(17)27/h1-3,8-9,17-18,29H,4-7,10-15H2/p+1/t17-,18+,23-/m0/s1. The number of rotatable bonds is 2. The highest BCUT2D eigenvalue weighted by atomic mass is 79.9. The van der Waals surface area contributed by atoms with E-state index in [1.807, 2.05) is 30.3 Å². The van der Waals surface area contributed by atoms with Gasteiger partial charge < -0.3 is 10.0 Å². The monoisotopic (exact) mass is 458 g/mol. The SMILES string of the molecule is O=C(c1[nH]c(Br)c2[n+]1CCCC2)N1CC[C@](O)(c2ccccc2)[C@H]2CCCC[C@H]21. The fraction of sp³-hybridized carbons (Fsp3) is 0.565. The average Bonchev–Trinajstić information content (AvgIpc) is 3.11. The topological polar surface area (TPSA) is 60.2 Å². The van der Waals surface area contributed by atoms with Gasteiger partial charge in [-0.3, -0.25) is 4.79 Å². The van der Waals surface area contributed by atoms with Gasteiger partial charge in [0.15, 0.2) is 5.69 Å². The molecule has 2 aliphatic heterocycles. The first kappa shape index (κ1) is 19.3. The molecule has 154 valence electrons. The first-order chi connectivity index (χ1) is 14.1. The maximum atomic E-state index is 13.7. The van der Waals surface area contributed by atoms with Crippen LogP contribution < -0.4 is 4.57 Å². The lowest BCUT2D eigenvalue weighted by Crippen LogP contribution is -2.60. The summed E-state index contributed by atoms with van der Waals surface area (Å²) in [6.07, 6.45) is 8.07. The second-order valence-corrected chi connectivity index (χ2v) is 9.63. The van der Waals surface area contributed by atoms with E-state index in [9.17, 15) is 9.90 Å². The van der Waals surface area contributed by atoms with E-state index in [2.05, 4.69) is 30.4 Å². The van der Waals surface area contributed by atoms with Crippen LogP contribution in [0, 0.1) is 5.92 Å². The van der Waals surface area contributed by atoms with Crippen molar-refractivity contribution < 1.29 is 14.5 Å². The molecule has 0 bridgehead atoms. The number of carbonyl (C=O) groups excluding carboxylic acids is 1. The third-order valence-corrected chi connectivity index (χ3v) is 7.99. The van der Waals surface area contributed by atoms with Crippen LogP contribution in [-0.2, 0) is 18.6 Å². The van der Waals surface area contributed by atoms with Crippen molar-refractivity contribution in [2.24, 2.45) is 5.92 Å². The molecule has 3 atom stereocenters. The number of likely N-dealkylation sites (tertiary alicyclic amines) is 1. The second-order valence-electron chi connectivity index (χ2n) is 8.84. The zero-order valence-electron chi connectivity index (χ0n) is 16.7. The van der Waals surface area contributed by atoms with Crippen LogP contribution in [0.5, 0.6) is 0 Å². The molecule has 0 radical (unpaired) electrons. The first-order valence-corrected chi connectivity index (χ1v) is 11.8. The van der Waals surface area contributed by atoms with E-state index < -0.39 is 5.60 Å². The molecule has 3 aliphatic rings. The minimum Gasteiger partial charge on any atom is -0.385 e. The summed E-state index contributed by atoms with van der Waals surface area (Å²) in [5.74, 6) is 0.877. The molecule has 2 fully saturated rings. The fourth-order valence-corrected chi connectivity index (χ4v) is 6.48. The van der Waals surface area contributed by atoms with Gasteiger partial charge in [-0.1, -0.05) is 43.2 Å². The van der Waals surface area contributed by atoms with Gasteiger partial charge in [0.2, 0.25) is 4.60 Å². The molecule has 2 aromatic rings. The molecular weight excluding hydrogens is 430 g/mol. The quantitative estimate of drug-likeness (QED) is 0.673. The number of carbonyl (C=O) groups is 1. The Labute approximate surface area is 180 Å². The summed E-state index contributed by atoms with van der Waals surface area (Å²) in [4.78, 5) is 19.0. The number of aliphatic hydroxyl groups is 1. The Kier molecular flexibility index (Phi) is 5.03. The van der Waals surface area contributed by atoms with Crippen LogP contribution in [0.2, 0.25) is 0 Å². The molecule has 0 spiro atoms. The first-order valence-electron chi connectivity index (χ1n) is 11.0. The van der Waals surface area contributed by atoms with Crippen LogP contribution >= 0.6 is 15.9 Å². The minimum atomic E-state index is -0.841. The summed E-state index contributed by atoms with van der Waals surface area (Å²) >= 11 is 3.63. The van der Waals surface area contributed by atoms with Crippen molar-refractivity contribution in [2.45, 2.75) is 69.6 Å². The normalized spacial score (nSPS) is 29.2. The maximum Gasteiger partial charge on any atom is 0.347 e. The molecule has 3 heterocycles. The van der Waals surface area contributed by atoms with Gasteiger partial charge in [-0.15, -0.1) is 0 Å². The molecule has 1 aliphatic carbocycles. The van der Waals surface area contributed by atoms with E-state index in [-0.39, 0.29) is 17.9 Å². The van der Waals surface area contributed by atoms with Crippen molar-refractivity contribution in [2.75, 3.05) is 6.54 Å². The zero-order chi connectivity index (χ0) is 20.0. The van der Waals surface area contributed by atoms with Gasteiger partial charge in [-0.2, -0.15) is 0 Å². The van der Waals surface area contributed by atoms with Gasteiger partial charge >= 0.3 is 11.7 Å². The average molecular weight is 459 g/mol. The van der Waals surface area contributed by atoms with Crippen LogP contribution in [0.3, 0.4) is 0 Å². The molecule has 1 saturated heterocycles. The summed E-state index contributed by atoms with van der Waals surface area (Å²) in [5, 5.41) is 11.7. The van der Waals surface area contributed by atoms with Crippen LogP contribution in [0.25, 0.3) is 0 Å². The van der Waals surface area contributed by atoms with E-state index in [4.69, 9.17) is 0 Å². The third-order valence-electron chi connectivity index (χ3n) is 7.34.